The molecule has 0 aliphatic rings. The lowest BCUT2D eigenvalue weighted by atomic mass is 9.94. The molecule has 0 amide bonds. The molecule has 0 saturated carbocycles. The Morgan fingerprint density at radius 3 is 1.64 bits per heavy atom. The van der Waals surface area contributed by atoms with Gasteiger partial charge in [-0.1, -0.05) is 119 Å². The van der Waals surface area contributed by atoms with Crippen LogP contribution in [0, 0.1) is 0 Å². The summed E-state index contributed by atoms with van der Waals surface area (Å²) in [5.74, 6) is 0. The molecule has 6 aromatic carbocycles. The fourth-order valence-corrected chi connectivity index (χ4v) is 5.08. The van der Waals surface area contributed by atoms with Crippen molar-refractivity contribution in [2.75, 3.05) is 4.90 Å². The van der Waals surface area contributed by atoms with Crippen LogP contribution in [-0.2, 0) is 0 Å². The smallest absolute Gasteiger partial charge is 0.0540 e. The molecule has 0 fully saturated rings. The minimum atomic E-state index is 1.09. The van der Waals surface area contributed by atoms with Crippen molar-refractivity contribution in [1.82, 2.24) is 0 Å². The van der Waals surface area contributed by atoms with Gasteiger partial charge in [0.2, 0.25) is 0 Å². The van der Waals surface area contributed by atoms with Gasteiger partial charge in [0, 0.05) is 21.2 Å². The zero-order valence-corrected chi connectivity index (χ0v) is 21.3. The second-order valence-corrected chi connectivity index (χ2v) is 9.68. The van der Waals surface area contributed by atoms with E-state index in [1.807, 2.05) is 0 Å². The Morgan fingerprint density at radius 2 is 0.944 bits per heavy atom. The average Bonchev–Trinajstić information content (AvgIpc) is 2.95. The summed E-state index contributed by atoms with van der Waals surface area (Å²) < 4.78 is 1.09. The van der Waals surface area contributed by atoms with E-state index in [1.54, 1.807) is 0 Å². The van der Waals surface area contributed by atoms with Crippen LogP contribution in [0.15, 0.2) is 150 Å². The molecule has 1 nitrogen and oxygen atoms in total. The first-order valence-corrected chi connectivity index (χ1v) is 12.9. The van der Waals surface area contributed by atoms with Gasteiger partial charge in [0.15, 0.2) is 0 Å². The van der Waals surface area contributed by atoms with E-state index in [0.29, 0.717) is 0 Å². The standard InChI is InChI=1S/C34H24BrN/c35-28-21-17-26(18-22-28)31-13-6-7-14-32(31)27-19-23-30(24-20-27)36(29-11-2-1-3-12-29)34-16-8-10-25-9-4-5-15-33(25)34/h1-24H. The number of halogens is 1. The number of fused-ring (bicyclic) bond motifs is 1. The summed E-state index contributed by atoms with van der Waals surface area (Å²) in [6.07, 6.45) is 0. The quantitative estimate of drug-likeness (QED) is 0.216. The number of hydrogen-bond acceptors (Lipinski definition) is 1. The van der Waals surface area contributed by atoms with Crippen LogP contribution in [0.5, 0.6) is 0 Å². The molecule has 0 aliphatic heterocycles. The van der Waals surface area contributed by atoms with Crippen LogP contribution in [0.2, 0.25) is 0 Å². The number of nitrogens with zero attached hydrogens (tertiary/aromatic N) is 1. The maximum atomic E-state index is 3.55. The molecule has 0 saturated heterocycles. The Hall–Kier alpha value is -4.14. The average molecular weight is 526 g/mol. The minimum absolute atomic E-state index is 1.09. The van der Waals surface area contributed by atoms with Gasteiger partial charge >= 0.3 is 0 Å². The largest absolute Gasteiger partial charge is 0.310 e. The van der Waals surface area contributed by atoms with Crippen LogP contribution in [0.25, 0.3) is 33.0 Å². The summed E-state index contributed by atoms with van der Waals surface area (Å²) in [5, 5.41) is 2.46. The molecule has 36 heavy (non-hydrogen) atoms. The summed E-state index contributed by atoms with van der Waals surface area (Å²) in [5.41, 5.74) is 8.29. The number of rotatable bonds is 5. The Morgan fingerprint density at radius 1 is 0.417 bits per heavy atom. The van der Waals surface area contributed by atoms with Gasteiger partial charge in [0.05, 0.1) is 5.69 Å². The summed E-state index contributed by atoms with van der Waals surface area (Å²) in [6, 6.07) is 51.7. The van der Waals surface area contributed by atoms with Crippen LogP contribution in [0.3, 0.4) is 0 Å². The fraction of sp³-hybridized carbons (Fsp3) is 0. The molecule has 172 valence electrons. The third kappa shape index (κ3) is 4.32. The van der Waals surface area contributed by atoms with Gasteiger partial charge in [0.25, 0.3) is 0 Å². The second kappa shape index (κ2) is 9.85. The first-order valence-electron chi connectivity index (χ1n) is 12.1. The SMILES string of the molecule is Brc1ccc(-c2ccccc2-c2ccc(N(c3ccccc3)c3cccc4ccccc34)cc2)cc1. The van der Waals surface area contributed by atoms with Crippen molar-refractivity contribution in [3.05, 3.63) is 150 Å². The van der Waals surface area contributed by atoms with Crippen molar-refractivity contribution >= 4 is 43.8 Å². The van der Waals surface area contributed by atoms with Gasteiger partial charge in [0.1, 0.15) is 0 Å². The fourth-order valence-electron chi connectivity index (χ4n) is 4.81. The summed E-state index contributed by atoms with van der Waals surface area (Å²) in [7, 11) is 0. The van der Waals surface area contributed by atoms with Crippen LogP contribution in [0.4, 0.5) is 17.1 Å². The van der Waals surface area contributed by atoms with Crippen LogP contribution >= 0.6 is 15.9 Å². The number of hydrogen-bond donors (Lipinski definition) is 0. The maximum Gasteiger partial charge on any atom is 0.0540 e. The normalized spacial score (nSPS) is 10.9. The van der Waals surface area contributed by atoms with Gasteiger partial charge in [-0.05, 0) is 70.1 Å². The lowest BCUT2D eigenvalue weighted by Crippen LogP contribution is -2.10. The second-order valence-electron chi connectivity index (χ2n) is 8.77. The Balaban J connectivity index is 1.45. The summed E-state index contributed by atoms with van der Waals surface area (Å²) in [4.78, 5) is 2.34. The van der Waals surface area contributed by atoms with E-state index < -0.39 is 0 Å². The summed E-state index contributed by atoms with van der Waals surface area (Å²) in [6.45, 7) is 0. The van der Waals surface area contributed by atoms with E-state index in [1.165, 1.54) is 38.7 Å². The first-order chi connectivity index (χ1) is 17.8. The zero-order valence-electron chi connectivity index (χ0n) is 19.7. The molecule has 2 heteroatoms. The number of para-hydroxylation sites is 1. The van der Waals surface area contributed by atoms with Crippen molar-refractivity contribution in [2.45, 2.75) is 0 Å². The maximum absolute atomic E-state index is 3.55. The minimum Gasteiger partial charge on any atom is -0.310 e. The molecular formula is C34H24BrN. The monoisotopic (exact) mass is 525 g/mol. The van der Waals surface area contributed by atoms with Crippen molar-refractivity contribution < 1.29 is 0 Å². The number of benzene rings is 6. The van der Waals surface area contributed by atoms with E-state index in [9.17, 15) is 0 Å². The molecule has 0 unspecified atom stereocenters. The first kappa shape index (κ1) is 22.3. The molecule has 6 rings (SSSR count). The van der Waals surface area contributed by atoms with Gasteiger partial charge in [-0.25, -0.2) is 0 Å². The van der Waals surface area contributed by atoms with E-state index in [4.69, 9.17) is 0 Å². The predicted octanol–water partition coefficient (Wildman–Crippen LogP) is 10.4. The highest BCUT2D eigenvalue weighted by Gasteiger charge is 2.15. The molecule has 0 heterocycles. The molecular weight excluding hydrogens is 502 g/mol. The van der Waals surface area contributed by atoms with Crippen molar-refractivity contribution in [3.8, 4) is 22.3 Å². The molecule has 0 aliphatic carbocycles. The van der Waals surface area contributed by atoms with E-state index in [0.717, 1.165) is 15.8 Å². The molecule has 0 aromatic heterocycles. The van der Waals surface area contributed by atoms with Gasteiger partial charge < -0.3 is 4.90 Å². The summed E-state index contributed by atoms with van der Waals surface area (Å²) >= 11 is 3.55. The van der Waals surface area contributed by atoms with Crippen LogP contribution in [0.1, 0.15) is 0 Å². The number of anilines is 3. The Labute approximate surface area is 220 Å². The van der Waals surface area contributed by atoms with E-state index >= 15 is 0 Å². The zero-order chi connectivity index (χ0) is 24.3. The Kier molecular flexibility index (Phi) is 6.11. The molecule has 0 N–H and O–H groups in total. The molecule has 0 bridgehead atoms. The highest BCUT2D eigenvalue weighted by Crippen LogP contribution is 2.40. The van der Waals surface area contributed by atoms with Gasteiger partial charge in [-0.3, -0.25) is 0 Å². The van der Waals surface area contributed by atoms with E-state index in [2.05, 4.69) is 166 Å². The molecule has 6 aromatic rings. The Bertz CT molecular complexity index is 1620. The predicted molar refractivity (Wildman–Crippen MR) is 157 cm³/mol. The topological polar surface area (TPSA) is 3.24 Å². The van der Waals surface area contributed by atoms with Crippen molar-refractivity contribution in [3.63, 3.8) is 0 Å². The highest BCUT2D eigenvalue weighted by molar-refractivity contribution is 9.10. The third-order valence-corrected chi connectivity index (χ3v) is 7.07. The van der Waals surface area contributed by atoms with Crippen LogP contribution in [-0.4, -0.2) is 0 Å². The lowest BCUT2D eigenvalue weighted by molar-refractivity contribution is 1.30. The molecule has 0 atom stereocenters. The third-order valence-electron chi connectivity index (χ3n) is 6.54. The van der Waals surface area contributed by atoms with Crippen LogP contribution < -0.4 is 4.90 Å². The molecule has 0 spiro atoms. The lowest BCUT2D eigenvalue weighted by Gasteiger charge is -2.27. The van der Waals surface area contributed by atoms with Gasteiger partial charge in [-0.2, -0.15) is 0 Å². The molecule has 0 radical (unpaired) electrons. The van der Waals surface area contributed by atoms with Crippen molar-refractivity contribution in [1.29, 1.82) is 0 Å². The van der Waals surface area contributed by atoms with Crippen molar-refractivity contribution in [2.24, 2.45) is 0 Å². The highest BCUT2D eigenvalue weighted by atomic mass is 79.9. The van der Waals surface area contributed by atoms with Gasteiger partial charge in [-0.15, -0.1) is 0 Å². The van der Waals surface area contributed by atoms with E-state index in [-0.39, 0.29) is 0 Å².